The zero-order valence-corrected chi connectivity index (χ0v) is 21.2. The van der Waals surface area contributed by atoms with E-state index in [2.05, 4.69) is 13.8 Å². The number of thioether (sulfide) groups is 1. The summed E-state index contributed by atoms with van der Waals surface area (Å²) in [4.78, 5) is 25.2. The fraction of sp³-hybridized carbons (Fsp3) is 0.231. The maximum atomic E-state index is 12.8. The molecule has 1 fully saturated rings. The Balaban J connectivity index is 1.75. The minimum absolute atomic E-state index is 0.185. The van der Waals surface area contributed by atoms with Gasteiger partial charge in [0.1, 0.15) is 15.8 Å². The van der Waals surface area contributed by atoms with Crippen molar-refractivity contribution in [3.8, 4) is 22.7 Å². The summed E-state index contributed by atoms with van der Waals surface area (Å²) in [5, 5.41) is 15.8. The summed E-state index contributed by atoms with van der Waals surface area (Å²) in [6.07, 6.45) is 3.54. The zero-order valence-electron chi connectivity index (χ0n) is 19.6. The maximum absolute atomic E-state index is 12.8. The smallest absolute Gasteiger partial charge is 0.266 e. The Hall–Kier alpha value is -3.43. The molecule has 2 heterocycles. The first kappa shape index (κ1) is 24.7. The SMILES string of the molecule is Cc1cc(-c2nn(-c3ccccc3)cc2/C=C2\SC(=S)N(CC(=O)[O-])C2=O)ccc1OCC(C)C. The van der Waals surface area contributed by atoms with E-state index in [1.807, 2.05) is 61.7 Å². The van der Waals surface area contributed by atoms with Gasteiger partial charge in [-0.25, -0.2) is 4.68 Å². The lowest BCUT2D eigenvalue weighted by Crippen LogP contribution is -2.40. The highest BCUT2D eigenvalue weighted by Crippen LogP contribution is 2.35. The number of hydrogen-bond donors (Lipinski definition) is 0. The number of carbonyl (C=O) groups excluding carboxylic acids is 2. The van der Waals surface area contributed by atoms with Gasteiger partial charge in [0.05, 0.1) is 29.7 Å². The largest absolute Gasteiger partial charge is 0.548 e. The number of carbonyl (C=O) groups is 2. The Morgan fingerprint density at radius 1 is 1.23 bits per heavy atom. The van der Waals surface area contributed by atoms with Gasteiger partial charge in [0.25, 0.3) is 5.91 Å². The molecule has 180 valence electrons. The van der Waals surface area contributed by atoms with Crippen LogP contribution < -0.4 is 9.84 Å². The number of carboxylic acids is 1. The molecule has 0 saturated carbocycles. The number of ether oxygens (including phenoxy) is 1. The van der Waals surface area contributed by atoms with Crippen LogP contribution in [0.4, 0.5) is 0 Å². The molecule has 0 unspecified atom stereocenters. The van der Waals surface area contributed by atoms with Gasteiger partial charge < -0.3 is 14.6 Å². The predicted octanol–water partition coefficient (Wildman–Crippen LogP) is 3.83. The van der Waals surface area contributed by atoms with Gasteiger partial charge in [-0.1, -0.05) is 56.0 Å². The van der Waals surface area contributed by atoms with Gasteiger partial charge in [0.2, 0.25) is 0 Å². The molecule has 0 bridgehead atoms. The highest BCUT2D eigenvalue weighted by atomic mass is 32.2. The fourth-order valence-electron chi connectivity index (χ4n) is 3.55. The molecule has 0 aliphatic carbocycles. The second-order valence-corrected chi connectivity index (χ2v) is 10.2. The molecule has 0 radical (unpaired) electrons. The van der Waals surface area contributed by atoms with E-state index in [0.717, 1.165) is 39.2 Å². The number of hydrogen-bond acceptors (Lipinski definition) is 7. The molecule has 0 atom stereocenters. The topological polar surface area (TPSA) is 87.5 Å². The van der Waals surface area contributed by atoms with E-state index < -0.39 is 18.4 Å². The molecule has 2 aromatic carbocycles. The summed E-state index contributed by atoms with van der Waals surface area (Å²) in [6, 6.07) is 15.5. The number of carboxylic acid groups (broad SMARTS) is 1. The molecule has 0 N–H and O–H groups in total. The summed E-state index contributed by atoms with van der Waals surface area (Å²) in [6.45, 7) is 6.23. The molecule has 35 heavy (non-hydrogen) atoms. The molecule has 7 nitrogen and oxygen atoms in total. The van der Waals surface area contributed by atoms with E-state index in [4.69, 9.17) is 22.1 Å². The van der Waals surface area contributed by atoms with E-state index in [9.17, 15) is 14.7 Å². The summed E-state index contributed by atoms with van der Waals surface area (Å²) < 4.78 is 7.85. The Labute approximate surface area is 213 Å². The summed E-state index contributed by atoms with van der Waals surface area (Å²) in [7, 11) is 0. The van der Waals surface area contributed by atoms with Crippen molar-refractivity contribution in [2.75, 3.05) is 13.2 Å². The van der Waals surface area contributed by atoms with Crippen molar-refractivity contribution < 1.29 is 19.4 Å². The molecule has 1 saturated heterocycles. The van der Waals surface area contributed by atoms with Crippen LogP contribution in [-0.4, -0.2) is 44.0 Å². The molecular weight excluding hydrogens is 482 g/mol. The number of benzene rings is 2. The van der Waals surface area contributed by atoms with E-state index in [1.54, 1.807) is 10.8 Å². The van der Waals surface area contributed by atoms with Crippen molar-refractivity contribution in [1.29, 1.82) is 0 Å². The van der Waals surface area contributed by atoms with Crippen LogP contribution in [0.25, 0.3) is 23.0 Å². The number of rotatable bonds is 8. The molecule has 1 aliphatic rings. The first-order valence-corrected chi connectivity index (χ1v) is 12.3. The molecule has 9 heteroatoms. The molecule has 1 aliphatic heterocycles. The lowest BCUT2D eigenvalue weighted by Gasteiger charge is -2.14. The molecule has 1 amide bonds. The van der Waals surface area contributed by atoms with E-state index >= 15 is 0 Å². The number of aryl methyl sites for hydroxylation is 1. The normalized spacial score (nSPS) is 14.9. The van der Waals surface area contributed by atoms with Crippen LogP contribution in [0, 0.1) is 12.8 Å². The van der Waals surface area contributed by atoms with Gasteiger partial charge in [-0.05, 0) is 54.8 Å². The van der Waals surface area contributed by atoms with Crippen molar-refractivity contribution >= 4 is 46.3 Å². The van der Waals surface area contributed by atoms with Crippen LogP contribution in [0.5, 0.6) is 5.75 Å². The van der Waals surface area contributed by atoms with Crippen LogP contribution in [-0.2, 0) is 9.59 Å². The highest BCUT2D eigenvalue weighted by Gasteiger charge is 2.32. The first-order chi connectivity index (χ1) is 16.7. The molecule has 0 spiro atoms. The first-order valence-electron chi connectivity index (χ1n) is 11.1. The van der Waals surface area contributed by atoms with Crippen molar-refractivity contribution in [2.45, 2.75) is 20.8 Å². The Kier molecular flexibility index (Phi) is 7.37. The fourth-order valence-corrected chi connectivity index (χ4v) is 4.80. The number of aromatic nitrogens is 2. The van der Waals surface area contributed by atoms with Crippen molar-refractivity contribution in [2.24, 2.45) is 5.92 Å². The number of para-hydroxylation sites is 1. The van der Waals surface area contributed by atoms with E-state index in [1.165, 1.54) is 0 Å². The van der Waals surface area contributed by atoms with Crippen LogP contribution in [0.2, 0.25) is 0 Å². The lowest BCUT2D eigenvalue weighted by atomic mass is 10.0. The summed E-state index contributed by atoms with van der Waals surface area (Å²) >= 11 is 6.28. The number of nitrogens with zero attached hydrogens (tertiary/aromatic N) is 3. The summed E-state index contributed by atoms with van der Waals surface area (Å²) in [5.41, 5.74) is 4.09. The van der Waals surface area contributed by atoms with Gasteiger partial charge in [0.15, 0.2) is 0 Å². The van der Waals surface area contributed by atoms with Gasteiger partial charge >= 0.3 is 0 Å². The van der Waals surface area contributed by atoms with Crippen molar-refractivity contribution in [3.05, 3.63) is 70.8 Å². The number of thiocarbonyl (C=S) groups is 1. The standard InChI is InChI=1S/C26H25N3O4S2/c1-16(2)15-33-21-10-9-18(11-17(21)3)24-19(13-29(27-24)20-7-5-4-6-8-20)12-22-25(32)28(14-23(30)31)26(34)35-22/h4-13,16H,14-15H2,1-3H3,(H,30,31)/p-1/b22-12-. The third kappa shape index (κ3) is 5.63. The average Bonchev–Trinajstić information content (AvgIpc) is 3.35. The number of aliphatic carboxylic acids is 1. The van der Waals surface area contributed by atoms with Gasteiger partial charge in [0, 0.05) is 17.3 Å². The van der Waals surface area contributed by atoms with Crippen molar-refractivity contribution in [3.63, 3.8) is 0 Å². The molecule has 3 aromatic rings. The zero-order chi connectivity index (χ0) is 25.1. The molecular formula is C26H24N3O4S2-. The molecule has 4 rings (SSSR count). The van der Waals surface area contributed by atoms with E-state index in [-0.39, 0.29) is 4.32 Å². The predicted molar refractivity (Wildman–Crippen MR) is 139 cm³/mol. The quantitative estimate of drug-likeness (QED) is 0.339. The maximum Gasteiger partial charge on any atom is 0.266 e. The minimum atomic E-state index is -1.37. The van der Waals surface area contributed by atoms with Gasteiger partial charge in [-0.15, -0.1) is 0 Å². The lowest BCUT2D eigenvalue weighted by molar-refractivity contribution is -0.305. The third-order valence-corrected chi connectivity index (χ3v) is 6.61. The van der Waals surface area contributed by atoms with Crippen LogP contribution in [0.15, 0.2) is 59.6 Å². The average molecular weight is 507 g/mol. The van der Waals surface area contributed by atoms with Crippen LogP contribution in [0.3, 0.4) is 0 Å². The third-order valence-electron chi connectivity index (χ3n) is 5.23. The highest BCUT2D eigenvalue weighted by molar-refractivity contribution is 8.26. The summed E-state index contributed by atoms with van der Waals surface area (Å²) in [5.74, 6) is -0.598. The number of amides is 1. The Bertz CT molecular complexity index is 1320. The Morgan fingerprint density at radius 3 is 2.63 bits per heavy atom. The van der Waals surface area contributed by atoms with Crippen LogP contribution in [0.1, 0.15) is 25.0 Å². The van der Waals surface area contributed by atoms with Crippen LogP contribution >= 0.6 is 24.0 Å². The van der Waals surface area contributed by atoms with Crippen molar-refractivity contribution in [1.82, 2.24) is 14.7 Å². The second kappa shape index (κ2) is 10.5. The molecule has 1 aromatic heterocycles. The van der Waals surface area contributed by atoms with Gasteiger partial charge in [-0.3, -0.25) is 9.69 Å². The monoisotopic (exact) mass is 506 g/mol. The minimum Gasteiger partial charge on any atom is -0.548 e. The Morgan fingerprint density at radius 2 is 1.97 bits per heavy atom. The second-order valence-electron chi connectivity index (χ2n) is 8.54. The van der Waals surface area contributed by atoms with E-state index in [0.29, 0.717) is 28.7 Å². The van der Waals surface area contributed by atoms with Gasteiger partial charge in [-0.2, -0.15) is 5.10 Å².